The van der Waals surface area contributed by atoms with Gasteiger partial charge in [-0.1, -0.05) is 71.6 Å². The monoisotopic (exact) mass is 348 g/mol. The summed E-state index contributed by atoms with van der Waals surface area (Å²) in [6, 6.07) is 0.459. The van der Waals surface area contributed by atoms with Crippen LogP contribution >= 0.6 is 0 Å². The first-order valence-electron chi connectivity index (χ1n) is 10.1. The number of nitrogens with one attached hydrogen (secondary N) is 1. The van der Waals surface area contributed by atoms with Gasteiger partial charge in [-0.3, -0.25) is 0 Å². The van der Waals surface area contributed by atoms with Crippen LogP contribution in [-0.4, -0.2) is 15.5 Å². The Morgan fingerprint density at radius 3 is 2.28 bits per heavy atom. The molecule has 2 rings (SSSR count). The van der Waals surface area contributed by atoms with Crippen molar-refractivity contribution in [2.75, 3.05) is 5.32 Å². The largest absolute Gasteiger partial charge is 0.370 e. The van der Waals surface area contributed by atoms with Crippen molar-refractivity contribution in [1.82, 2.24) is 9.55 Å². The van der Waals surface area contributed by atoms with Gasteiger partial charge >= 0.3 is 0 Å². The van der Waals surface area contributed by atoms with Gasteiger partial charge in [-0.2, -0.15) is 0 Å². The van der Waals surface area contributed by atoms with Gasteiger partial charge in [0, 0.05) is 6.04 Å². The number of hydrogen-bond acceptors (Lipinski definition) is 5. The van der Waals surface area contributed by atoms with Crippen LogP contribution in [0.2, 0.25) is 0 Å². The Kier molecular flexibility index (Phi) is 8.25. The Labute approximate surface area is 152 Å². The fourth-order valence-corrected chi connectivity index (χ4v) is 3.57. The second-order valence-corrected chi connectivity index (χ2v) is 7.18. The summed E-state index contributed by atoms with van der Waals surface area (Å²) in [6.45, 7) is 4.51. The number of unbranched alkanes of at least 4 members (excludes halogenated alkanes) is 7. The van der Waals surface area contributed by atoms with E-state index in [1.807, 2.05) is 6.33 Å². The topological polar surface area (TPSA) is 94.2 Å². The molecule has 0 fully saturated rings. The summed E-state index contributed by atoms with van der Waals surface area (Å²) in [7, 11) is 0. The zero-order valence-corrected chi connectivity index (χ0v) is 16.0. The van der Waals surface area contributed by atoms with E-state index in [0.29, 0.717) is 12.0 Å². The molecule has 0 aliphatic carbocycles. The maximum atomic E-state index is 6.06. The fourth-order valence-electron chi connectivity index (χ4n) is 3.57. The number of aromatic nitrogens is 2. The van der Waals surface area contributed by atoms with Crippen LogP contribution < -0.4 is 16.8 Å². The second kappa shape index (κ2) is 10.4. The summed E-state index contributed by atoms with van der Waals surface area (Å²) in [5, 5.41) is 3.18. The average molecular weight is 349 g/mol. The van der Waals surface area contributed by atoms with Gasteiger partial charge < -0.3 is 21.4 Å². The molecule has 2 atom stereocenters. The molecule has 0 aromatic carbocycles. The second-order valence-electron chi connectivity index (χ2n) is 7.18. The molecule has 6 nitrogen and oxygen atoms in total. The number of anilines is 1. The summed E-state index contributed by atoms with van der Waals surface area (Å²) < 4.78 is 2.25. The maximum Gasteiger partial charge on any atom is 0.196 e. The van der Waals surface area contributed by atoms with Gasteiger partial charge in [0.1, 0.15) is 17.7 Å². The molecule has 0 bridgehead atoms. The Morgan fingerprint density at radius 1 is 1.04 bits per heavy atom. The SMILES string of the molecule is CCCCCCCC(CCCCCC)n1cnc2c1NC(N)=NC2N. The van der Waals surface area contributed by atoms with Crippen LogP contribution in [0.5, 0.6) is 0 Å². The van der Waals surface area contributed by atoms with Crippen molar-refractivity contribution in [2.24, 2.45) is 16.5 Å². The highest BCUT2D eigenvalue weighted by Gasteiger charge is 2.25. The molecule has 2 heterocycles. The van der Waals surface area contributed by atoms with Crippen molar-refractivity contribution in [3.05, 3.63) is 12.0 Å². The maximum absolute atomic E-state index is 6.06. The molecule has 0 radical (unpaired) electrons. The minimum atomic E-state index is -0.456. The number of guanidine groups is 1. The van der Waals surface area contributed by atoms with E-state index in [4.69, 9.17) is 11.5 Å². The molecule has 0 saturated carbocycles. The molecule has 25 heavy (non-hydrogen) atoms. The minimum Gasteiger partial charge on any atom is -0.370 e. The lowest BCUT2D eigenvalue weighted by Gasteiger charge is -2.24. The van der Waals surface area contributed by atoms with Crippen molar-refractivity contribution < 1.29 is 0 Å². The summed E-state index contributed by atoms with van der Waals surface area (Å²) in [5.41, 5.74) is 12.7. The lowest BCUT2D eigenvalue weighted by molar-refractivity contribution is 0.398. The number of nitrogens with zero attached hydrogens (tertiary/aromatic N) is 3. The molecule has 0 amide bonds. The van der Waals surface area contributed by atoms with E-state index >= 15 is 0 Å². The third kappa shape index (κ3) is 5.73. The number of nitrogens with two attached hydrogens (primary N) is 2. The van der Waals surface area contributed by atoms with Crippen molar-refractivity contribution >= 4 is 11.8 Å². The molecule has 5 N–H and O–H groups in total. The van der Waals surface area contributed by atoms with Gasteiger partial charge in [0.2, 0.25) is 0 Å². The van der Waals surface area contributed by atoms with E-state index < -0.39 is 6.17 Å². The lowest BCUT2D eigenvalue weighted by Crippen LogP contribution is -2.32. The predicted molar refractivity (Wildman–Crippen MR) is 106 cm³/mol. The normalized spacial score (nSPS) is 17.7. The molecule has 0 spiro atoms. The third-order valence-corrected chi connectivity index (χ3v) is 5.05. The first-order valence-corrected chi connectivity index (χ1v) is 10.1. The quantitative estimate of drug-likeness (QED) is 0.486. The van der Waals surface area contributed by atoms with Crippen LogP contribution in [0, 0.1) is 0 Å². The zero-order valence-electron chi connectivity index (χ0n) is 16.0. The Morgan fingerprint density at radius 2 is 1.64 bits per heavy atom. The number of hydrogen-bond donors (Lipinski definition) is 3. The fraction of sp³-hybridized carbons (Fsp3) is 0.789. The van der Waals surface area contributed by atoms with E-state index in [2.05, 4.69) is 33.7 Å². The first-order chi connectivity index (χ1) is 12.2. The van der Waals surface area contributed by atoms with E-state index in [0.717, 1.165) is 11.5 Å². The predicted octanol–water partition coefficient (Wildman–Crippen LogP) is 4.45. The lowest BCUT2D eigenvalue weighted by atomic mass is 10.0. The highest BCUT2D eigenvalue weighted by Crippen LogP contribution is 2.32. The van der Waals surface area contributed by atoms with Crippen molar-refractivity contribution in [3.63, 3.8) is 0 Å². The first kappa shape index (κ1) is 19.8. The van der Waals surface area contributed by atoms with Gasteiger partial charge in [0.05, 0.1) is 6.33 Å². The highest BCUT2D eigenvalue weighted by molar-refractivity contribution is 5.93. The molecule has 1 aromatic heterocycles. The summed E-state index contributed by atoms with van der Waals surface area (Å²) >= 11 is 0. The van der Waals surface area contributed by atoms with Gasteiger partial charge in [0.15, 0.2) is 5.96 Å². The van der Waals surface area contributed by atoms with Crippen LogP contribution in [-0.2, 0) is 0 Å². The zero-order chi connectivity index (χ0) is 18.1. The standard InChI is InChI=1S/C19H36N6/c1-3-5-7-9-11-13-15(12-10-8-6-4-2)25-14-22-16-17(20)23-19(21)24-18(16)25/h14-15,17H,3-13,20H2,1-2H3,(H3,21,23,24). The van der Waals surface area contributed by atoms with Crippen molar-refractivity contribution in [3.8, 4) is 0 Å². The molecule has 142 valence electrons. The van der Waals surface area contributed by atoms with E-state index in [9.17, 15) is 0 Å². The molecule has 2 unspecified atom stereocenters. The third-order valence-electron chi connectivity index (χ3n) is 5.05. The molecule has 0 saturated heterocycles. The molecular weight excluding hydrogens is 312 g/mol. The number of imidazole rings is 1. The van der Waals surface area contributed by atoms with Crippen molar-refractivity contribution in [2.45, 2.75) is 96.7 Å². The van der Waals surface area contributed by atoms with Gasteiger partial charge in [-0.15, -0.1) is 0 Å². The minimum absolute atomic E-state index is 0.384. The Balaban J connectivity index is 2.02. The number of rotatable bonds is 12. The summed E-state index contributed by atoms with van der Waals surface area (Å²) in [4.78, 5) is 8.67. The number of aliphatic imine (C=N–C) groups is 1. The van der Waals surface area contributed by atoms with Crippen LogP contribution in [0.1, 0.15) is 102 Å². The summed E-state index contributed by atoms with van der Waals surface area (Å²) in [5.74, 6) is 1.32. The van der Waals surface area contributed by atoms with Gasteiger partial charge in [-0.05, 0) is 12.8 Å². The van der Waals surface area contributed by atoms with Crippen LogP contribution in [0.15, 0.2) is 11.3 Å². The highest BCUT2D eigenvalue weighted by atomic mass is 15.3. The van der Waals surface area contributed by atoms with E-state index in [1.165, 1.54) is 70.6 Å². The summed E-state index contributed by atoms with van der Waals surface area (Å²) in [6.07, 6.45) is 15.5. The molecule has 1 aliphatic heterocycles. The molecule has 6 heteroatoms. The van der Waals surface area contributed by atoms with Crippen LogP contribution in [0.3, 0.4) is 0 Å². The molecule has 1 aliphatic rings. The van der Waals surface area contributed by atoms with Gasteiger partial charge in [0.25, 0.3) is 0 Å². The number of fused-ring (bicyclic) bond motifs is 1. The van der Waals surface area contributed by atoms with E-state index in [1.54, 1.807) is 0 Å². The average Bonchev–Trinajstić information content (AvgIpc) is 3.00. The van der Waals surface area contributed by atoms with Crippen LogP contribution in [0.4, 0.5) is 5.82 Å². The molecule has 1 aromatic rings. The van der Waals surface area contributed by atoms with Crippen LogP contribution in [0.25, 0.3) is 0 Å². The molecular formula is C19H36N6. The van der Waals surface area contributed by atoms with Gasteiger partial charge in [-0.25, -0.2) is 9.98 Å². The Hall–Kier alpha value is -1.56. The smallest absolute Gasteiger partial charge is 0.196 e. The van der Waals surface area contributed by atoms with E-state index in [-0.39, 0.29) is 0 Å². The Bertz CT molecular complexity index is 536. The van der Waals surface area contributed by atoms with Crippen molar-refractivity contribution in [1.29, 1.82) is 0 Å².